The highest BCUT2D eigenvalue weighted by atomic mass is 31.2. The summed E-state index contributed by atoms with van der Waals surface area (Å²) < 4.78 is 3.31. The van der Waals surface area contributed by atoms with Gasteiger partial charge in [-0.15, -0.1) is 0 Å². The maximum Gasteiger partial charge on any atom is 0.0866 e. The van der Waals surface area contributed by atoms with Crippen molar-refractivity contribution in [1.29, 1.82) is 0 Å². The van der Waals surface area contributed by atoms with E-state index in [1.54, 1.807) is 42.0 Å². The van der Waals surface area contributed by atoms with E-state index >= 15 is 0 Å². The lowest BCUT2D eigenvalue weighted by Crippen LogP contribution is -2.49. The van der Waals surface area contributed by atoms with Gasteiger partial charge in [0.1, 0.15) is 0 Å². The van der Waals surface area contributed by atoms with E-state index in [-0.39, 0.29) is 0 Å². The van der Waals surface area contributed by atoms with Crippen molar-refractivity contribution in [3.63, 3.8) is 0 Å². The highest BCUT2D eigenvalue weighted by Crippen LogP contribution is 2.58. The van der Waals surface area contributed by atoms with Crippen LogP contribution >= 0.6 is 16.1 Å². The zero-order chi connectivity index (χ0) is 56.6. The second-order valence-electron chi connectivity index (χ2n) is 24.9. The van der Waals surface area contributed by atoms with Crippen LogP contribution in [0.4, 0.5) is 0 Å². The molecule has 5 rings (SSSR count). The molecule has 0 unspecified atom stereocenters. The molecule has 1 fully saturated rings. The molecule has 1 aliphatic rings. The lowest BCUT2D eigenvalue weighted by Gasteiger charge is -2.47. The van der Waals surface area contributed by atoms with E-state index in [2.05, 4.69) is 203 Å². The average Bonchev–Trinajstić information content (AvgIpc) is 3.49. The minimum atomic E-state index is -1.65. The van der Waals surface area contributed by atoms with Crippen LogP contribution in [-0.4, -0.2) is 66.8 Å². The van der Waals surface area contributed by atoms with Gasteiger partial charge in [0.25, 0.3) is 0 Å². The highest BCUT2D eigenvalue weighted by molar-refractivity contribution is 7.84. The van der Waals surface area contributed by atoms with Gasteiger partial charge >= 0.3 is 0 Å². The molecule has 1 aliphatic carbocycles. The van der Waals surface area contributed by atoms with Crippen LogP contribution in [0.25, 0.3) is 0 Å². The number of hydrogen-bond donors (Lipinski definition) is 0. The molecular weight excluding hydrogens is 1040 g/mol. The maximum atomic E-state index is 3.31. The van der Waals surface area contributed by atoms with Gasteiger partial charge in [0.2, 0.25) is 0 Å². The fourth-order valence-corrected chi connectivity index (χ4v) is 44.2. The third kappa shape index (κ3) is 16.4. The first-order valence-electron chi connectivity index (χ1n) is 33.5. The van der Waals surface area contributed by atoms with Crippen LogP contribution in [0.3, 0.4) is 0 Å². The Balaban J connectivity index is 1.91. The number of nitrogens with zero attached hydrogens (tertiary/aromatic N) is 2. The number of rotatable bonds is 38. The van der Waals surface area contributed by atoms with Crippen LogP contribution < -0.4 is 42.0 Å². The molecular formula is C70H120N2P2Si4. The van der Waals surface area contributed by atoms with Crippen molar-refractivity contribution in [2.24, 2.45) is 0 Å². The minimum absolute atomic E-state index is 0.498. The van der Waals surface area contributed by atoms with Gasteiger partial charge in [-0.1, -0.05) is 364 Å². The molecule has 0 bridgehead atoms. The molecule has 4 aromatic carbocycles. The molecule has 2 nitrogen and oxygen atoms in total. The van der Waals surface area contributed by atoms with E-state index in [4.69, 9.17) is 0 Å². The van der Waals surface area contributed by atoms with Crippen LogP contribution in [0, 0.1) is 0 Å². The first-order valence-corrected chi connectivity index (χ1v) is 46.6. The largest absolute Gasteiger partial charge is 0.301 e. The van der Waals surface area contributed by atoms with Gasteiger partial charge in [0, 0.05) is 28.2 Å². The SMILES string of the molecule is CCC[Si](CCC)(CCC)c1ccc(P(c2ccc([Si](CCC)(CCC)CCC)cc2)N(C2CCC(N(CC)CC)CC2)P(c2ccc([Si](CCC)(CCC)CCC)cc2)c2ccc([Si](CCC)(CCC)CCC)cc2)cc1. The second kappa shape index (κ2) is 34.3. The van der Waals surface area contributed by atoms with Crippen molar-refractivity contribution in [2.45, 2.75) is 284 Å². The predicted molar refractivity (Wildman–Crippen MR) is 372 cm³/mol. The Bertz CT molecular complexity index is 1870. The molecule has 0 amide bonds. The molecule has 78 heavy (non-hydrogen) atoms. The fourth-order valence-electron chi connectivity index (χ4n) is 16.4. The zero-order valence-electron chi connectivity index (χ0n) is 53.4. The molecule has 0 saturated heterocycles. The summed E-state index contributed by atoms with van der Waals surface area (Å²) in [5.41, 5.74) is 0. The van der Waals surface area contributed by atoms with E-state index in [1.807, 2.05) is 0 Å². The van der Waals surface area contributed by atoms with Gasteiger partial charge in [-0.3, -0.25) is 0 Å². The topological polar surface area (TPSA) is 6.48 Å². The van der Waals surface area contributed by atoms with Crippen LogP contribution in [-0.2, 0) is 0 Å². The summed E-state index contributed by atoms with van der Waals surface area (Å²) in [6.45, 7) is 36.6. The van der Waals surface area contributed by atoms with Gasteiger partial charge in [-0.2, -0.15) is 0 Å². The van der Waals surface area contributed by atoms with Gasteiger partial charge in [0.15, 0.2) is 0 Å². The number of benzene rings is 4. The third-order valence-corrected chi connectivity index (χ3v) is 48.8. The Labute approximate surface area is 491 Å². The van der Waals surface area contributed by atoms with Gasteiger partial charge < -0.3 is 4.90 Å². The lowest BCUT2D eigenvalue weighted by molar-refractivity contribution is 0.152. The van der Waals surface area contributed by atoms with Crippen LogP contribution in [0.15, 0.2) is 97.1 Å². The summed E-state index contributed by atoms with van der Waals surface area (Å²) in [6.07, 6.45) is 20.7. The van der Waals surface area contributed by atoms with E-state index in [1.165, 1.54) is 175 Å². The van der Waals surface area contributed by atoms with Crippen molar-refractivity contribution in [3.05, 3.63) is 97.1 Å². The van der Waals surface area contributed by atoms with Crippen LogP contribution in [0.1, 0.15) is 200 Å². The fraction of sp³-hybridized carbons (Fsp3) is 0.657. The summed E-state index contributed by atoms with van der Waals surface area (Å²) in [6, 6.07) is 61.7. The van der Waals surface area contributed by atoms with E-state index in [9.17, 15) is 0 Å². The Hall–Kier alpha value is -1.47. The van der Waals surface area contributed by atoms with E-state index in [0.29, 0.717) is 12.1 Å². The molecule has 0 radical (unpaired) electrons. The second-order valence-corrected chi connectivity index (χ2v) is 48.0. The molecule has 0 spiro atoms. The lowest BCUT2D eigenvalue weighted by atomic mass is 9.91. The summed E-state index contributed by atoms with van der Waals surface area (Å²) in [5, 5.41) is 13.3. The molecule has 0 heterocycles. The van der Waals surface area contributed by atoms with Gasteiger partial charge in [-0.05, 0) is 60.0 Å². The maximum absolute atomic E-state index is 3.31. The summed E-state index contributed by atoms with van der Waals surface area (Å²) >= 11 is 0. The minimum Gasteiger partial charge on any atom is -0.301 e. The van der Waals surface area contributed by atoms with Crippen LogP contribution in [0.2, 0.25) is 72.5 Å². The van der Waals surface area contributed by atoms with Gasteiger partial charge in [0.05, 0.1) is 32.3 Å². The number of hydrogen-bond acceptors (Lipinski definition) is 2. The molecule has 0 aromatic heterocycles. The first-order chi connectivity index (χ1) is 37.9. The summed E-state index contributed by atoms with van der Waals surface area (Å²) in [4.78, 5) is 2.79. The third-order valence-electron chi connectivity index (χ3n) is 19.4. The normalized spacial score (nSPS) is 15.9. The summed E-state index contributed by atoms with van der Waals surface area (Å²) in [5.74, 6) is 0. The Morgan fingerprint density at radius 1 is 0.282 bits per heavy atom. The summed E-state index contributed by atoms with van der Waals surface area (Å²) in [7, 11) is -8.40. The van der Waals surface area contributed by atoms with E-state index in [0.717, 1.165) is 13.1 Å². The van der Waals surface area contributed by atoms with Crippen LogP contribution in [0.5, 0.6) is 0 Å². The Kier molecular flexibility index (Phi) is 29.6. The first kappa shape index (κ1) is 67.3. The molecule has 436 valence electrons. The monoisotopic (exact) mass is 1160 g/mol. The predicted octanol–water partition coefficient (Wildman–Crippen LogP) is 18.6. The van der Waals surface area contributed by atoms with Crippen molar-refractivity contribution >= 4 is 90.4 Å². The van der Waals surface area contributed by atoms with Crippen molar-refractivity contribution in [3.8, 4) is 0 Å². The zero-order valence-corrected chi connectivity index (χ0v) is 59.2. The average molecular weight is 1160 g/mol. The quantitative estimate of drug-likeness (QED) is 0.0326. The van der Waals surface area contributed by atoms with Gasteiger partial charge in [-0.25, -0.2) is 4.44 Å². The van der Waals surface area contributed by atoms with Crippen molar-refractivity contribution < 1.29 is 0 Å². The molecule has 0 N–H and O–H groups in total. The highest BCUT2D eigenvalue weighted by Gasteiger charge is 2.42. The molecule has 4 aromatic rings. The van der Waals surface area contributed by atoms with Crippen molar-refractivity contribution in [2.75, 3.05) is 13.1 Å². The molecule has 0 atom stereocenters. The Morgan fingerprint density at radius 3 is 0.628 bits per heavy atom. The molecule has 1 saturated carbocycles. The Morgan fingerprint density at radius 2 is 0.462 bits per heavy atom. The standard InChI is InChI=1S/C70H120N2P2Si4/c1-15-49-75(50-16-2,51-17-3)67-41-33-63(34-42-67)73(64-35-43-68(44-36-64)76(52-18-4,53-19-5)54-20-6)72(62-31-29-61(30-32-62)71(27-13)28-14)74(65-37-45-69(46-38-65)77(55-21-7,56-22-8)57-23-9)66-39-47-70(48-40-66)78(58-24-10,59-25-11)60-26-12/h33-48,61-62H,15-32,49-60H2,1-14H3. The smallest absolute Gasteiger partial charge is 0.0866 e. The van der Waals surface area contributed by atoms with Crippen molar-refractivity contribution in [1.82, 2.24) is 9.34 Å². The van der Waals surface area contributed by atoms with E-state index < -0.39 is 48.4 Å². The molecule has 0 aliphatic heterocycles. The molecule has 8 heteroatoms.